The van der Waals surface area contributed by atoms with Crippen LogP contribution in [0.25, 0.3) is 0 Å². The Labute approximate surface area is 135 Å². The van der Waals surface area contributed by atoms with E-state index in [4.69, 9.17) is 9.47 Å². The van der Waals surface area contributed by atoms with Crippen molar-refractivity contribution < 1.29 is 19.7 Å². The van der Waals surface area contributed by atoms with E-state index in [9.17, 15) is 10.2 Å². The fraction of sp³-hybridized carbons (Fsp3) is 0.556. The Morgan fingerprint density at radius 2 is 2.22 bits per heavy atom. The first-order valence-electron chi connectivity index (χ1n) is 8.24. The molecule has 5 heteroatoms. The first kappa shape index (κ1) is 13.7. The van der Waals surface area contributed by atoms with Gasteiger partial charge in [-0.25, -0.2) is 0 Å². The summed E-state index contributed by atoms with van der Waals surface area (Å²) in [5.41, 5.74) is 1.97. The molecule has 0 aromatic heterocycles. The largest absolute Gasteiger partial charge is 0.504 e. The quantitative estimate of drug-likeness (QED) is 0.763. The number of hydrogen-bond acceptors (Lipinski definition) is 5. The zero-order valence-corrected chi connectivity index (χ0v) is 13.3. The summed E-state index contributed by atoms with van der Waals surface area (Å²) in [6, 6.07) is 2.02. The molecule has 0 unspecified atom stereocenters. The van der Waals surface area contributed by atoms with E-state index >= 15 is 0 Å². The van der Waals surface area contributed by atoms with Gasteiger partial charge in [0.05, 0.1) is 7.11 Å². The third kappa shape index (κ3) is 1.41. The maximum atomic E-state index is 10.5. The highest BCUT2D eigenvalue weighted by molar-refractivity contribution is 5.66. The van der Waals surface area contributed by atoms with Gasteiger partial charge >= 0.3 is 0 Å². The van der Waals surface area contributed by atoms with Crippen LogP contribution >= 0.6 is 0 Å². The second kappa shape index (κ2) is 4.22. The van der Waals surface area contributed by atoms with Crippen molar-refractivity contribution in [1.82, 2.24) is 4.90 Å². The van der Waals surface area contributed by atoms with Crippen LogP contribution in [0.15, 0.2) is 18.2 Å². The third-order valence-electron chi connectivity index (χ3n) is 6.46. The maximum absolute atomic E-state index is 10.5. The van der Waals surface area contributed by atoms with Crippen molar-refractivity contribution in [2.45, 2.75) is 36.5 Å². The number of phenols is 1. The Morgan fingerprint density at radius 1 is 1.39 bits per heavy atom. The summed E-state index contributed by atoms with van der Waals surface area (Å²) in [5, 5.41) is 21.0. The van der Waals surface area contributed by atoms with E-state index in [0.29, 0.717) is 17.7 Å². The Balaban J connectivity index is 1.85. The maximum Gasteiger partial charge on any atom is 0.166 e. The molecule has 1 saturated heterocycles. The van der Waals surface area contributed by atoms with Crippen molar-refractivity contribution in [3.63, 3.8) is 0 Å². The molecule has 5 rings (SSSR count). The first-order chi connectivity index (χ1) is 11.1. The SMILES string of the molecule is COc1cc(O)c2c3c1C[C@@H]1[C@@H]4C=C[C@H](O)[C@H](O2)[C@]34CCN1C. The lowest BCUT2D eigenvalue weighted by molar-refractivity contribution is -0.0455. The molecule has 122 valence electrons. The number of piperidine rings is 1. The molecule has 0 amide bonds. The highest BCUT2D eigenvalue weighted by Crippen LogP contribution is 2.63. The fourth-order valence-corrected chi connectivity index (χ4v) is 5.47. The van der Waals surface area contributed by atoms with Crippen LogP contribution < -0.4 is 9.47 Å². The molecule has 1 aromatic rings. The summed E-state index contributed by atoms with van der Waals surface area (Å²) < 4.78 is 11.7. The van der Waals surface area contributed by atoms with Gasteiger partial charge in [-0.1, -0.05) is 12.2 Å². The summed E-state index contributed by atoms with van der Waals surface area (Å²) in [5.74, 6) is 1.71. The van der Waals surface area contributed by atoms with Crippen LogP contribution in [0.5, 0.6) is 17.2 Å². The summed E-state index contributed by atoms with van der Waals surface area (Å²) in [6.07, 6.45) is 4.87. The molecule has 2 aliphatic heterocycles. The molecule has 1 aromatic carbocycles. The highest BCUT2D eigenvalue weighted by atomic mass is 16.5. The Bertz CT molecular complexity index is 730. The van der Waals surface area contributed by atoms with Gasteiger partial charge < -0.3 is 24.6 Å². The first-order valence-corrected chi connectivity index (χ1v) is 8.24. The third-order valence-corrected chi connectivity index (χ3v) is 6.46. The molecule has 1 spiro atoms. The molecule has 0 saturated carbocycles. The zero-order valence-electron chi connectivity index (χ0n) is 13.3. The second-order valence-electron chi connectivity index (χ2n) is 7.26. The molecule has 4 aliphatic rings. The number of aliphatic hydroxyl groups excluding tert-OH is 1. The lowest BCUT2D eigenvalue weighted by atomic mass is 9.53. The number of benzene rings is 1. The van der Waals surface area contributed by atoms with Crippen molar-refractivity contribution in [2.75, 3.05) is 20.7 Å². The van der Waals surface area contributed by atoms with Crippen LogP contribution in [-0.2, 0) is 11.8 Å². The second-order valence-corrected chi connectivity index (χ2v) is 7.26. The van der Waals surface area contributed by atoms with E-state index in [-0.39, 0.29) is 17.3 Å². The van der Waals surface area contributed by atoms with Crippen molar-refractivity contribution in [3.05, 3.63) is 29.3 Å². The van der Waals surface area contributed by atoms with Gasteiger partial charge in [-0.05, 0) is 26.4 Å². The van der Waals surface area contributed by atoms with Crippen LogP contribution in [0.2, 0.25) is 0 Å². The van der Waals surface area contributed by atoms with E-state index in [1.54, 1.807) is 13.2 Å². The van der Waals surface area contributed by atoms with Gasteiger partial charge in [0.1, 0.15) is 18.0 Å². The molecule has 2 aliphatic carbocycles. The summed E-state index contributed by atoms with van der Waals surface area (Å²) in [6.45, 7) is 0.971. The average Bonchev–Trinajstić information content (AvgIpc) is 2.89. The van der Waals surface area contributed by atoms with Gasteiger partial charge in [0, 0.05) is 34.6 Å². The Morgan fingerprint density at radius 3 is 3.00 bits per heavy atom. The van der Waals surface area contributed by atoms with Crippen molar-refractivity contribution >= 4 is 0 Å². The van der Waals surface area contributed by atoms with E-state index < -0.39 is 6.10 Å². The lowest BCUT2D eigenvalue weighted by Gasteiger charge is -2.56. The minimum atomic E-state index is -0.640. The predicted molar refractivity (Wildman–Crippen MR) is 84.1 cm³/mol. The number of ether oxygens (including phenoxy) is 2. The Kier molecular flexibility index (Phi) is 2.51. The number of aliphatic hydroxyl groups is 1. The number of likely N-dealkylation sites (tertiary alicyclic amines) is 1. The van der Waals surface area contributed by atoms with Gasteiger partial charge in [0.15, 0.2) is 11.5 Å². The van der Waals surface area contributed by atoms with Gasteiger partial charge in [0.2, 0.25) is 0 Å². The minimum absolute atomic E-state index is 0.118. The monoisotopic (exact) mass is 315 g/mol. The molecule has 5 nitrogen and oxygen atoms in total. The van der Waals surface area contributed by atoms with Crippen molar-refractivity contribution in [3.8, 4) is 17.2 Å². The highest BCUT2D eigenvalue weighted by Gasteiger charge is 2.64. The van der Waals surface area contributed by atoms with Crippen molar-refractivity contribution in [2.24, 2.45) is 5.92 Å². The number of likely N-dealkylation sites (N-methyl/N-ethyl adjacent to an activating group) is 1. The topological polar surface area (TPSA) is 62.2 Å². The molecular formula is C18H21NO4. The van der Waals surface area contributed by atoms with Gasteiger partial charge in [-0.2, -0.15) is 0 Å². The van der Waals surface area contributed by atoms with E-state index in [2.05, 4.69) is 18.0 Å². The minimum Gasteiger partial charge on any atom is -0.504 e. The molecular weight excluding hydrogens is 294 g/mol. The lowest BCUT2D eigenvalue weighted by Crippen LogP contribution is -2.64. The molecule has 2 N–H and O–H groups in total. The molecule has 2 heterocycles. The van der Waals surface area contributed by atoms with Crippen LogP contribution in [0.4, 0.5) is 0 Å². The predicted octanol–water partition coefficient (Wildman–Crippen LogP) is 1.21. The summed E-state index contributed by atoms with van der Waals surface area (Å²) >= 11 is 0. The van der Waals surface area contributed by atoms with Gasteiger partial charge in [-0.15, -0.1) is 0 Å². The number of aromatic hydroxyl groups is 1. The van der Waals surface area contributed by atoms with Crippen LogP contribution in [-0.4, -0.2) is 54.1 Å². The van der Waals surface area contributed by atoms with Crippen LogP contribution in [0, 0.1) is 5.92 Å². The van der Waals surface area contributed by atoms with E-state index in [1.165, 1.54) is 0 Å². The molecule has 0 radical (unpaired) electrons. The van der Waals surface area contributed by atoms with E-state index in [0.717, 1.165) is 36.3 Å². The average molecular weight is 315 g/mol. The molecule has 5 atom stereocenters. The van der Waals surface area contributed by atoms with Gasteiger partial charge in [-0.3, -0.25) is 0 Å². The number of phenolic OH excluding ortho intramolecular Hbond substituents is 1. The summed E-state index contributed by atoms with van der Waals surface area (Å²) in [7, 11) is 3.81. The molecule has 23 heavy (non-hydrogen) atoms. The number of methoxy groups -OCH3 is 1. The molecule has 1 fully saturated rings. The Hall–Kier alpha value is -1.72. The van der Waals surface area contributed by atoms with Gasteiger partial charge in [0.25, 0.3) is 0 Å². The van der Waals surface area contributed by atoms with Crippen molar-refractivity contribution in [1.29, 1.82) is 0 Å². The normalized spacial score (nSPS) is 39.8. The number of nitrogens with zero attached hydrogens (tertiary/aromatic N) is 1. The summed E-state index contributed by atoms with van der Waals surface area (Å²) in [4.78, 5) is 2.41. The van der Waals surface area contributed by atoms with Crippen LogP contribution in [0.1, 0.15) is 17.5 Å². The zero-order chi connectivity index (χ0) is 15.9. The number of hydrogen-bond donors (Lipinski definition) is 2. The number of rotatable bonds is 1. The van der Waals surface area contributed by atoms with E-state index in [1.807, 2.05) is 6.08 Å². The smallest absolute Gasteiger partial charge is 0.166 e. The fourth-order valence-electron chi connectivity index (χ4n) is 5.47. The van der Waals surface area contributed by atoms with Crippen LogP contribution in [0.3, 0.4) is 0 Å². The standard InChI is InChI=1S/C18H21NO4/c1-19-6-5-18-10-3-4-12(20)17(18)23-16-13(21)8-14(22-2)9(15(16)18)7-11(10)19/h3-4,8,10-12,17,20-21H,5-7H2,1-2H3/t10-,11+,12-,17-,18-/m0/s1. The molecule has 2 bridgehead atoms.